The van der Waals surface area contributed by atoms with E-state index in [-0.39, 0.29) is 27.6 Å². The Morgan fingerprint density at radius 3 is 2.48 bits per heavy atom. The van der Waals surface area contributed by atoms with Crippen LogP contribution in [0.5, 0.6) is 23.0 Å². The molecule has 268 valence electrons. The molecule has 4 aromatic carbocycles. The van der Waals surface area contributed by atoms with Crippen LogP contribution in [0.1, 0.15) is 58.4 Å². The molecule has 2 heterocycles. The number of carbonyl (C=O) groups excluding carboxylic acids is 3. The van der Waals surface area contributed by atoms with E-state index in [1.54, 1.807) is 49.6 Å². The molecular formula is C39H36ClFN4O7. The third-order valence-corrected chi connectivity index (χ3v) is 8.71. The van der Waals surface area contributed by atoms with E-state index in [4.69, 9.17) is 30.5 Å². The number of benzene rings is 4. The van der Waals surface area contributed by atoms with Crippen molar-refractivity contribution in [2.24, 2.45) is 0 Å². The number of Topliss-reactive ketones (excluding diaryl/α,β-unsaturated/α-hetero) is 1. The largest absolute Gasteiger partial charge is 0.493 e. The molecule has 0 bridgehead atoms. The molecule has 13 heteroatoms. The van der Waals surface area contributed by atoms with Gasteiger partial charge in [-0.1, -0.05) is 55.1 Å². The van der Waals surface area contributed by atoms with E-state index in [1.165, 1.54) is 18.5 Å². The van der Waals surface area contributed by atoms with Gasteiger partial charge in [-0.2, -0.15) is 0 Å². The van der Waals surface area contributed by atoms with Crippen molar-refractivity contribution in [3.63, 3.8) is 0 Å². The molecule has 6 rings (SSSR count). The summed E-state index contributed by atoms with van der Waals surface area (Å²) in [7, 11) is 1.55. The lowest BCUT2D eigenvalue weighted by atomic mass is 9.98. The lowest BCUT2D eigenvalue weighted by Crippen LogP contribution is -2.42. The summed E-state index contributed by atoms with van der Waals surface area (Å²) in [6.07, 6.45) is 7.34. The van der Waals surface area contributed by atoms with Crippen molar-refractivity contribution in [2.45, 2.75) is 38.5 Å². The topological polar surface area (TPSA) is 138 Å². The second kappa shape index (κ2) is 17.1. The summed E-state index contributed by atoms with van der Waals surface area (Å²) in [5.74, 6) is -0.766. The molecule has 0 saturated carbocycles. The van der Waals surface area contributed by atoms with E-state index < -0.39 is 23.4 Å². The van der Waals surface area contributed by atoms with Crippen LogP contribution in [0.25, 0.3) is 10.9 Å². The highest BCUT2D eigenvalue weighted by molar-refractivity contribution is 6.49. The lowest BCUT2D eigenvalue weighted by molar-refractivity contribution is -0.116. The van der Waals surface area contributed by atoms with Gasteiger partial charge < -0.3 is 24.3 Å². The first-order valence-corrected chi connectivity index (χ1v) is 17.2. The minimum Gasteiger partial charge on any atom is -0.493 e. The number of ether oxygens (including phenoxy) is 4. The average molecular weight is 727 g/mol. The normalized spacial score (nSPS) is 12.4. The number of nitrogens with zero attached hydrogens (tertiary/aromatic N) is 2. The highest BCUT2D eigenvalue weighted by Gasteiger charge is 2.33. The number of aromatic nitrogens is 2. The van der Waals surface area contributed by atoms with Gasteiger partial charge in [0.25, 0.3) is 17.6 Å². The van der Waals surface area contributed by atoms with E-state index in [2.05, 4.69) is 20.6 Å². The summed E-state index contributed by atoms with van der Waals surface area (Å²) in [5.41, 5.74) is 1.99. The standard InChI is InChI=1S/C39H36ClFN4O7/c1-49-32-22-30-27(37(43-23-42-30)44-29-15-9-14-28(40)35(29)41)21-33(32)51-19-18-50-17-6-4-2-3-5-10-24-11-7-12-25(20-24)52-31-16-8-13-26-34(31)38(47)45-39(48)36(26)46/h7-9,11-16,20-23H,2-6,10,17-19H2,1H3,(H,42,43,44)(H,45,47,48). The molecule has 2 amide bonds. The Balaban J connectivity index is 0.899. The number of amides is 2. The molecule has 0 atom stereocenters. The van der Waals surface area contributed by atoms with Crippen molar-refractivity contribution in [1.82, 2.24) is 15.3 Å². The molecule has 0 radical (unpaired) electrons. The molecule has 0 unspecified atom stereocenters. The minimum atomic E-state index is -0.939. The minimum absolute atomic E-state index is 0.00387. The van der Waals surface area contributed by atoms with E-state index in [9.17, 15) is 18.8 Å². The van der Waals surface area contributed by atoms with Crippen LogP contribution in [0.4, 0.5) is 15.9 Å². The van der Waals surface area contributed by atoms with Crippen LogP contribution in [0.15, 0.2) is 79.1 Å². The van der Waals surface area contributed by atoms with Crippen molar-refractivity contribution < 1.29 is 37.7 Å². The number of unbranched alkanes of at least 4 members (excludes halogenated alkanes) is 4. The molecule has 0 aliphatic carbocycles. The van der Waals surface area contributed by atoms with Crippen LogP contribution in [0.3, 0.4) is 0 Å². The predicted molar refractivity (Wildman–Crippen MR) is 194 cm³/mol. The highest BCUT2D eigenvalue weighted by Crippen LogP contribution is 2.36. The number of halogens is 2. The number of ketones is 1. The molecule has 1 aliphatic heterocycles. The first-order chi connectivity index (χ1) is 25.3. The number of anilines is 2. The number of aryl methyl sites for hydroxylation is 1. The summed E-state index contributed by atoms with van der Waals surface area (Å²) in [6.45, 7) is 1.32. The number of methoxy groups -OCH3 is 1. The Kier molecular flexibility index (Phi) is 11.9. The Hall–Kier alpha value is -5.59. The molecule has 0 spiro atoms. The van der Waals surface area contributed by atoms with E-state index in [0.717, 1.165) is 44.1 Å². The van der Waals surface area contributed by atoms with Crippen LogP contribution in [-0.4, -0.2) is 54.5 Å². The summed E-state index contributed by atoms with van der Waals surface area (Å²) in [5, 5.41) is 5.69. The first-order valence-electron chi connectivity index (χ1n) is 16.9. The van der Waals surface area contributed by atoms with Gasteiger partial charge in [0.05, 0.1) is 35.5 Å². The molecule has 0 fully saturated rings. The molecule has 2 N–H and O–H groups in total. The van der Waals surface area contributed by atoms with E-state index >= 15 is 0 Å². The Labute approximate surface area is 304 Å². The molecule has 11 nitrogen and oxygen atoms in total. The maximum absolute atomic E-state index is 14.5. The highest BCUT2D eigenvalue weighted by atomic mass is 35.5. The lowest BCUT2D eigenvalue weighted by Gasteiger charge is -2.17. The monoisotopic (exact) mass is 726 g/mol. The van der Waals surface area contributed by atoms with Crippen molar-refractivity contribution >= 4 is 51.6 Å². The molecule has 0 saturated heterocycles. The summed E-state index contributed by atoms with van der Waals surface area (Å²) >= 11 is 5.94. The van der Waals surface area contributed by atoms with Gasteiger partial charge in [-0.25, -0.2) is 14.4 Å². The number of hydrogen-bond acceptors (Lipinski definition) is 10. The maximum Gasteiger partial charge on any atom is 0.299 e. The number of nitrogens with one attached hydrogen (secondary N) is 2. The Morgan fingerprint density at radius 1 is 0.808 bits per heavy atom. The number of fused-ring (bicyclic) bond motifs is 2. The van der Waals surface area contributed by atoms with Crippen LogP contribution >= 0.6 is 11.6 Å². The van der Waals surface area contributed by atoms with Gasteiger partial charge in [0.15, 0.2) is 17.3 Å². The molecule has 5 aromatic rings. The van der Waals surface area contributed by atoms with Crippen molar-refractivity contribution in [3.05, 3.63) is 107 Å². The van der Waals surface area contributed by atoms with Crippen molar-refractivity contribution in [2.75, 3.05) is 32.2 Å². The van der Waals surface area contributed by atoms with Gasteiger partial charge in [-0.3, -0.25) is 19.7 Å². The predicted octanol–water partition coefficient (Wildman–Crippen LogP) is 8.01. The van der Waals surface area contributed by atoms with Crippen LogP contribution in [0, 0.1) is 5.82 Å². The number of carbonyl (C=O) groups is 3. The quantitative estimate of drug-likeness (QED) is 0.0551. The first kappa shape index (κ1) is 36.2. The number of imide groups is 1. The van der Waals surface area contributed by atoms with Crippen molar-refractivity contribution in [3.8, 4) is 23.0 Å². The van der Waals surface area contributed by atoms with Crippen LogP contribution < -0.4 is 24.8 Å². The summed E-state index contributed by atoms with van der Waals surface area (Å²) in [4.78, 5) is 45.0. The second-order valence-corrected chi connectivity index (χ2v) is 12.4. The van der Waals surface area contributed by atoms with Gasteiger partial charge in [0.2, 0.25) is 0 Å². The Morgan fingerprint density at radius 2 is 1.62 bits per heavy atom. The van der Waals surface area contributed by atoms with E-state index in [0.29, 0.717) is 53.8 Å². The smallest absolute Gasteiger partial charge is 0.299 e. The Bertz CT molecular complexity index is 2110. The molecule has 1 aromatic heterocycles. The van der Waals surface area contributed by atoms with Gasteiger partial charge in [-0.15, -0.1) is 0 Å². The van der Waals surface area contributed by atoms with Gasteiger partial charge >= 0.3 is 0 Å². The fourth-order valence-corrected chi connectivity index (χ4v) is 5.99. The third-order valence-electron chi connectivity index (χ3n) is 8.42. The van der Waals surface area contributed by atoms with Gasteiger partial charge in [0.1, 0.15) is 30.3 Å². The summed E-state index contributed by atoms with van der Waals surface area (Å²) in [6, 6.07) is 20.5. The molecule has 1 aliphatic rings. The van der Waals surface area contributed by atoms with Gasteiger partial charge in [-0.05, 0) is 67.3 Å². The zero-order valence-corrected chi connectivity index (χ0v) is 29.1. The van der Waals surface area contributed by atoms with Crippen molar-refractivity contribution in [1.29, 1.82) is 0 Å². The fraction of sp³-hybridized carbons (Fsp3) is 0.256. The zero-order chi connectivity index (χ0) is 36.5. The van der Waals surface area contributed by atoms with E-state index in [1.807, 2.05) is 18.2 Å². The summed E-state index contributed by atoms with van der Waals surface area (Å²) < 4.78 is 37.8. The SMILES string of the molecule is COc1cc2ncnc(Nc3cccc(Cl)c3F)c2cc1OCCOCCCCCCCc1cccc(Oc2cccc3c2C(=O)NC(=O)C3=O)c1. The molecule has 52 heavy (non-hydrogen) atoms. The fourth-order valence-electron chi connectivity index (χ4n) is 5.82. The maximum atomic E-state index is 14.5. The second-order valence-electron chi connectivity index (χ2n) is 12.0. The third kappa shape index (κ3) is 8.64. The average Bonchev–Trinajstić information content (AvgIpc) is 3.14. The van der Waals surface area contributed by atoms with Crippen LogP contribution in [-0.2, 0) is 16.0 Å². The molecular weight excluding hydrogens is 691 g/mol. The van der Waals surface area contributed by atoms with Gasteiger partial charge in [0, 0.05) is 23.6 Å². The zero-order valence-electron chi connectivity index (χ0n) is 28.4. The van der Waals surface area contributed by atoms with Crippen LogP contribution in [0.2, 0.25) is 5.02 Å². The number of rotatable bonds is 17. The number of hydrogen-bond donors (Lipinski definition) is 2.